The summed E-state index contributed by atoms with van der Waals surface area (Å²) in [7, 11) is -4.58. The van der Waals surface area contributed by atoms with Crippen LogP contribution < -0.4 is 14.5 Å². The highest BCUT2D eigenvalue weighted by atomic mass is 32.2. The molecule has 1 aliphatic rings. The van der Waals surface area contributed by atoms with Gasteiger partial charge in [-0.3, -0.25) is 18.7 Å². The molecule has 0 saturated heterocycles. The molecule has 0 unspecified atom stereocenters. The van der Waals surface area contributed by atoms with E-state index in [-0.39, 0.29) is 30.9 Å². The van der Waals surface area contributed by atoms with Crippen molar-refractivity contribution in [3.8, 4) is 5.75 Å². The van der Waals surface area contributed by atoms with E-state index in [9.17, 15) is 31.2 Å². The number of rotatable bonds is 9. The molecule has 0 aliphatic carbocycles. The van der Waals surface area contributed by atoms with E-state index in [1.165, 1.54) is 12.1 Å². The Morgan fingerprint density at radius 3 is 2.37 bits per heavy atom. The lowest BCUT2D eigenvalue weighted by Crippen LogP contribution is -2.45. The molecule has 1 N–H and O–H groups in total. The number of hydrogen-bond acceptors (Lipinski definition) is 7. The summed E-state index contributed by atoms with van der Waals surface area (Å²) in [6.07, 6.45) is -6.28. The van der Waals surface area contributed by atoms with Gasteiger partial charge >= 0.3 is 12.1 Å². The molecule has 43 heavy (non-hydrogen) atoms. The van der Waals surface area contributed by atoms with Gasteiger partial charge in [0.25, 0.3) is 10.0 Å². The highest BCUT2D eigenvalue weighted by Gasteiger charge is 2.38. The Balaban J connectivity index is 1.60. The second-order valence-electron chi connectivity index (χ2n) is 10.9. The molecule has 1 aliphatic heterocycles. The van der Waals surface area contributed by atoms with E-state index < -0.39 is 56.8 Å². The van der Waals surface area contributed by atoms with Gasteiger partial charge in [0.2, 0.25) is 5.91 Å². The monoisotopic (exact) mass is 620 g/mol. The van der Waals surface area contributed by atoms with Crippen LogP contribution in [0.5, 0.6) is 5.75 Å². The maximum atomic E-state index is 13.8. The SMILES string of the molecule is CC(C)(C)OC(=O)Cc1ccc2c(c1)N(S(=O)(=O)c1cccc(C(F)(F)F)c1)C[C@H](CC(=O)NOCc1ccccc1)O2. The van der Waals surface area contributed by atoms with E-state index in [0.29, 0.717) is 11.6 Å². The molecule has 0 fully saturated rings. The Morgan fingerprint density at radius 2 is 1.70 bits per heavy atom. The largest absolute Gasteiger partial charge is 0.486 e. The van der Waals surface area contributed by atoms with Crippen molar-refractivity contribution in [2.24, 2.45) is 0 Å². The molecular weight excluding hydrogens is 589 g/mol. The molecule has 0 aromatic heterocycles. The summed E-state index contributed by atoms with van der Waals surface area (Å²) in [6, 6.07) is 16.9. The lowest BCUT2D eigenvalue weighted by Gasteiger charge is -2.35. The zero-order chi connectivity index (χ0) is 31.4. The molecule has 0 radical (unpaired) electrons. The second kappa shape index (κ2) is 12.6. The van der Waals surface area contributed by atoms with Gasteiger partial charge in [-0.05, 0) is 62.2 Å². The molecule has 0 spiro atoms. The highest BCUT2D eigenvalue weighted by molar-refractivity contribution is 7.92. The number of nitrogens with zero attached hydrogens (tertiary/aromatic N) is 1. The van der Waals surface area contributed by atoms with Gasteiger partial charge in [-0.15, -0.1) is 0 Å². The number of hydrogen-bond donors (Lipinski definition) is 1. The van der Waals surface area contributed by atoms with Crippen molar-refractivity contribution in [2.75, 3.05) is 10.8 Å². The normalized spacial score (nSPS) is 15.3. The van der Waals surface area contributed by atoms with Crippen LogP contribution in [0.3, 0.4) is 0 Å². The number of ether oxygens (including phenoxy) is 2. The average molecular weight is 621 g/mol. The molecule has 1 amide bonds. The molecule has 4 rings (SSSR count). The second-order valence-corrected chi connectivity index (χ2v) is 12.7. The molecular formula is C30H31F3N2O7S. The van der Waals surface area contributed by atoms with Crippen LogP contribution in [0, 0.1) is 0 Å². The van der Waals surface area contributed by atoms with Crippen LogP contribution >= 0.6 is 0 Å². The van der Waals surface area contributed by atoms with Gasteiger partial charge in [0, 0.05) is 0 Å². The van der Waals surface area contributed by atoms with Gasteiger partial charge in [-0.25, -0.2) is 13.9 Å². The van der Waals surface area contributed by atoms with E-state index in [0.717, 1.165) is 28.1 Å². The summed E-state index contributed by atoms with van der Waals surface area (Å²) >= 11 is 0. The van der Waals surface area contributed by atoms with Crippen LogP contribution in [0.2, 0.25) is 0 Å². The molecule has 0 bridgehead atoms. The number of esters is 1. The van der Waals surface area contributed by atoms with Crippen LogP contribution in [0.25, 0.3) is 0 Å². The first-order chi connectivity index (χ1) is 20.1. The zero-order valence-corrected chi connectivity index (χ0v) is 24.5. The first kappa shape index (κ1) is 31.8. The number of nitrogens with one attached hydrogen (secondary N) is 1. The van der Waals surface area contributed by atoms with Crippen LogP contribution in [0.1, 0.15) is 43.9 Å². The quantitative estimate of drug-likeness (QED) is 0.259. The van der Waals surface area contributed by atoms with Crippen molar-refractivity contribution in [2.45, 2.75) is 63.0 Å². The number of sulfonamides is 1. The van der Waals surface area contributed by atoms with Gasteiger partial charge in [0.05, 0.1) is 42.1 Å². The van der Waals surface area contributed by atoms with Crippen molar-refractivity contribution in [3.05, 3.63) is 89.5 Å². The van der Waals surface area contributed by atoms with E-state index in [2.05, 4.69) is 5.48 Å². The maximum absolute atomic E-state index is 13.8. The van der Waals surface area contributed by atoms with Gasteiger partial charge < -0.3 is 9.47 Å². The molecule has 1 heterocycles. The minimum atomic E-state index is -4.77. The third kappa shape index (κ3) is 8.48. The molecule has 3 aromatic rings. The minimum Gasteiger partial charge on any atom is -0.486 e. The van der Waals surface area contributed by atoms with Crippen LogP contribution in [0.4, 0.5) is 18.9 Å². The van der Waals surface area contributed by atoms with Crippen molar-refractivity contribution in [1.29, 1.82) is 0 Å². The molecule has 3 aromatic carbocycles. The Morgan fingerprint density at radius 1 is 0.977 bits per heavy atom. The first-order valence-electron chi connectivity index (χ1n) is 13.3. The van der Waals surface area contributed by atoms with Crippen LogP contribution in [-0.4, -0.2) is 38.5 Å². The van der Waals surface area contributed by atoms with Crippen LogP contribution in [0.15, 0.2) is 77.7 Å². The number of fused-ring (bicyclic) bond motifs is 1. The van der Waals surface area contributed by atoms with Gasteiger partial charge in [0.15, 0.2) is 0 Å². The third-order valence-electron chi connectivity index (χ3n) is 6.15. The smallest absolute Gasteiger partial charge is 0.416 e. The average Bonchev–Trinajstić information content (AvgIpc) is 2.92. The fraction of sp³-hybridized carbons (Fsp3) is 0.333. The topological polar surface area (TPSA) is 111 Å². The highest BCUT2D eigenvalue weighted by Crippen LogP contribution is 2.39. The summed E-state index contributed by atoms with van der Waals surface area (Å²) in [5.74, 6) is -1.08. The summed E-state index contributed by atoms with van der Waals surface area (Å²) in [6.45, 7) is 4.82. The van der Waals surface area contributed by atoms with E-state index >= 15 is 0 Å². The number of halogens is 3. The summed E-state index contributed by atoms with van der Waals surface area (Å²) < 4.78 is 80.0. The number of carbonyl (C=O) groups is 2. The Bertz CT molecular complexity index is 1570. The molecule has 13 heteroatoms. The number of amides is 1. The Labute approximate surface area is 247 Å². The minimum absolute atomic E-state index is 0.00968. The van der Waals surface area contributed by atoms with E-state index in [1.807, 2.05) is 18.2 Å². The Kier molecular flexibility index (Phi) is 9.35. The molecule has 1 atom stereocenters. The zero-order valence-electron chi connectivity index (χ0n) is 23.7. The predicted octanol–water partition coefficient (Wildman–Crippen LogP) is 5.18. The number of anilines is 1. The summed E-state index contributed by atoms with van der Waals surface area (Å²) in [4.78, 5) is 29.7. The van der Waals surface area contributed by atoms with Gasteiger partial charge in [-0.2, -0.15) is 13.2 Å². The van der Waals surface area contributed by atoms with Crippen molar-refractivity contribution < 1.29 is 45.5 Å². The Hall–Kier alpha value is -4.10. The fourth-order valence-electron chi connectivity index (χ4n) is 4.33. The first-order valence-corrected chi connectivity index (χ1v) is 14.7. The van der Waals surface area contributed by atoms with E-state index in [1.54, 1.807) is 39.0 Å². The maximum Gasteiger partial charge on any atom is 0.416 e. The van der Waals surface area contributed by atoms with Crippen molar-refractivity contribution in [3.63, 3.8) is 0 Å². The standard InChI is InChI=1S/C30H31F3N2O7S/c1-29(2,3)42-28(37)15-21-12-13-26-25(14-21)35(43(38,39)24-11-7-10-22(16-24)30(31,32)33)18-23(41-26)17-27(36)34-40-19-20-8-5-4-6-9-20/h4-14,16,23H,15,17-19H2,1-3H3,(H,34,36)/t23-/m0/s1. The lowest BCUT2D eigenvalue weighted by molar-refractivity contribution is -0.154. The van der Waals surface area contributed by atoms with E-state index in [4.69, 9.17) is 14.3 Å². The van der Waals surface area contributed by atoms with Gasteiger partial charge in [-0.1, -0.05) is 42.5 Å². The molecule has 0 saturated carbocycles. The number of alkyl halides is 3. The number of benzene rings is 3. The van der Waals surface area contributed by atoms with Crippen molar-refractivity contribution >= 4 is 27.6 Å². The van der Waals surface area contributed by atoms with Crippen LogP contribution in [-0.2, 0) is 48.4 Å². The third-order valence-corrected chi connectivity index (χ3v) is 7.93. The number of hydroxylamine groups is 1. The molecule has 9 nitrogen and oxygen atoms in total. The van der Waals surface area contributed by atoms with Gasteiger partial charge in [0.1, 0.15) is 17.5 Å². The fourth-order valence-corrected chi connectivity index (χ4v) is 5.87. The summed E-state index contributed by atoms with van der Waals surface area (Å²) in [5, 5.41) is 0. The number of carbonyl (C=O) groups excluding carboxylic acids is 2. The summed E-state index contributed by atoms with van der Waals surface area (Å²) in [5.41, 5.74) is 1.64. The predicted molar refractivity (Wildman–Crippen MR) is 150 cm³/mol. The lowest BCUT2D eigenvalue weighted by atomic mass is 10.1. The van der Waals surface area contributed by atoms with Crippen molar-refractivity contribution in [1.82, 2.24) is 5.48 Å². The molecule has 230 valence electrons.